The van der Waals surface area contributed by atoms with Crippen LogP contribution in [0, 0.1) is 0 Å². The minimum atomic E-state index is 0.459. The van der Waals surface area contributed by atoms with E-state index in [1.54, 1.807) is 0 Å². The minimum Gasteiger partial charge on any atom is -0.357 e. The van der Waals surface area contributed by atoms with Crippen molar-refractivity contribution >= 4 is 6.08 Å². The lowest BCUT2D eigenvalue weighted by Crippen LogP contribution is -2.26. The van der Waals surface area contributed by atoms with Crippen LogP contribution in [-0.4, -0.2) is 17.2 Å². The lowest BCUT2D eigenvalue weighted by molar-refractivity contribution is 0.636. The van der Waals surface area contributed by atoms with Gasteiger partial charge in [0.2, 0.25) is 0 Å². The first-order valence-corrected chi connectivity index (χ1v) is 5.17. The van der Waals surface area contributed by atoms with Crippen LogP contribution in [0.2, 0.25) is 0 Å². The molecule has 14 heavy (non-hydrogen) atoms. The first kappa shape index (κ1) is 11.1. The Morgan fingerprint density at radius 3 is 2.86 bits per heavy atom. The molecule has 2 nitrogen and oxygen atoms in total. The van der Waals surface area contributed by atoms with E-state index in [2.05, 4.69) is 55.2 Å². The summed E-state index contributed by atoms with van der Waals surface area (Å²) in [4.78, 5) is 0. The molecule has 0 aliphatic rings. The first-order valence-electron chi connectivity index (χ1n) is 5.17. The van der Waals surface area contributed by atoms with Gasteiger partial charge in [0.1, 0.15) is 0 Å². The third kappa shape index (κ3) is 3.04. The largest absolute Gasteiger partial charge is 0.357 e. The van der Waals surface area contributed by atoms with Crippen LogP contribution in [0.5, 0.6) is 0 Å². The molecule has 0 saturated carbocycles. The van der Waals surface area contributed by atoms with Crippen molar-refractivity contribution in [2.24, 2.45) is 7.05 Å². The highest BCUT2D eigenvalue weighted by atomic mass is 14.9. The average molecular weight is 192 g/mol. The number of likely N-dealkylation sites (N-methyl/N-ethyl adjacent to an activating group) is 1. The molecule has 1 unspecified atom stereocenters. The number of nitrogens with one attached hydrogen (secondary N) is 1. The summed E-state index contributed by atoms with van der Waals surface area (Å²) in [5.74, 6) is 0. The molecule has 1 heterocycles. The normalized spacial score (nSPS) is 14.4. The maximum atomic E-state index is 3.40. The van der Waals surface area contributed by atoms with E-state index in [4.69, 9.17) is 0 Å². The van der Waals surface area contributed by atoms with Crippen molar-refractivity contribution in [2.75, 3.05) is 6.54 Å². The minimum absolute atomic E-state index is 0.459. The van der Waals surface area contributed by atoms with Crippen molar-refractivity contribution in [3.05, 3.63) is 29.6 Å². The summed E-state index contributed by atoms with van der Waals surface area (Å²) in [7, 11) is 2.04. The molecule has 0 aliphatic heterocycles. The van der Waals surface area contributed by atoms with E-state index in [1.165, 1.54) is 11.1 Å². The van der Waals surface area contributed by atoms with E-state index in [0.717, 1.165) is 6.54 Å². The number of hydrogen-bond acceptors (Lipinski definition) is 1. The fourth-order valence-corrected chi connectivity index (χ4v) is 1.47. The van der Waals surface area contributed by atoms with E-state index in [1.807, 2.05) is 7.05 Å². The third-order valence-corrected chi connectivity index (χ3v) is 2.44. The maximum Gasteiger partial charge on any atom is 0.0251 e. The molecule has 0 saturated heterocycles. The highest BCUT2D eigenvalue weighted by molar-refractivity contribution is 5.52. The summed E-state index contributed by atoms with van der Waals surface area (Å²) in [6.45, 7) is 7.51. The van der Waals surface area contributed by atoms with Crippen molar-refractivity contribution in [3.63, 3.8) is 0 Å². The molecule has 0 radical (unpaired) electrons. The van der Waals surface area contributed by atoms with E-state index < -0.39 is 0 Å². The smallest absolute Gasteiger partial charge is 0.0251 e. The summed E-state index contributed by atoms with van der Waals surface area (Å²) in [5.41, 5.74) is 2.65. The Kier molecular flexibility index (Phi) is 3.96. The number of aromatic nitrogens is 1. The second-order valence-electron chi connectivity index (χ2n) is 3.78. The predicted molar refractivity (Wildman–Crippen MR) is 62.2 cm³/mol. The molecule has 1 aromatic rings. The molecule has 1 atom stereocenters. The van der Waals surface area contributed by atoms with Crippen molar-refractivity contribution in [3.8, 4) is 0 Å². The predicted octanol–water partition coefficient (Wildman–Crippen LogP) is 2.43. The second-order valence-corrected chi connectivity index (χ2v) is 3.78. The van der Waals surface area contributed by atoms with Crippen LogP contribution in [-0.2, 0) is 7.05 Å². The fraction of sp³-hybridized carbons (Fsp3) is 0.500. The number of hydrogen-bond donors (Lipinski definition) is 1. The van der Waals surface area contributed by atoms with Crippen LogP contribution in [0.15, 0.2) is 24.0 Å². The van der Waals surface area contributed by atoms with Gasteiger partial charge in [-0.05, 0) is 32.0 Å². The Hall–Kier alpha value is -1.02. The molecule has 1 aromatic heterocycles. The molecular weight excluding hydrogens is 172 g/mol. The topological polar surface area (TPSA) is 17.0 Å². The van der Waals surface area contributed by atoms with Crippen LogP contribution in [0.25, 0.3) is 6.08 Å². The van der Waals surface area contributed by atoms with Crippen molar-refractivity contribution in [1.29, 1.82) is 0 Å². The average Bonchev–Trinajstić information content (AvgIpc) is 2.51. The molecule has 78 valence electrons. The lowest BCUT2D eigenvalue weighted by atomic mass is 10.1. The third-order valence-electron chi connectivity index (χ3n) is 2.44. The van der Waals surface area contributed by atoms with E-state index in [9.17, 15) is 0 Å². The monoisotopic (exact) mass is 192 g/mol. The van der Waals surface area contributed by atoms with Gasteiger partial charge in [-0.15, -0.1) is 0 Å². The molecule has 0 bridgehead atoms. The molecule has 1 rings (SSSR count). The summed E-state index contributed by atoms with van der Waals surface area (Å²) in [6.07, 6.45) is 6.42. The van der Waals surface area contributed by atoms with Gasteiger partial charge in [-0.25, -0.2) is 0 Å². The molecular formula is C12H20N2. The number of nitrogens with zero attached hydrogens (tertiary/aromatic N) is 1. The summed E-state index contributed by atoms with van der Waals surface area (Å²) >= 11 is 0. The van der Waals surface area contributed by atoms with E-state index in [-0.39, 0.29) is 0 Å². The Morgan fingerprint density at radius 1 is 1.64 bits per heavy atom. The van der Waals surface area contributed by atoms with Crippen molar-refractivity contribution < 1.29 is 0 Å². The Morgan fingerprint density at radius 2 is 2.36 bits per heavy atom. The molecule has 1 N–H and O–H groups in total. The standard InChI is InChI=1S/C12H20N2/c1-5-13-11(3)10(2)8-12-6-7-14(4)9-12/h6-9,11,13H,5H2,1-4H3/b10-8+. The quantitative estimate of drug-likeness (QED) is 0.775. The Balaban J connectivity index is 2.67. The van der Waals surface area contributed by atoms with Gasteiger partial charge in [0.25, 0.3) is 0 Å². The van der Waals surface area contributed by atoms with E-state index >= 15 is 0 Å². The van der Waals surface area contributed by atoms with Gasteiger partial charge >= 0.3 is 0 Å². The van der Waals surface area contributed by atoms with Crippen molar-refractivity contribution in [2.45, 2.75) is 26.8 Å². The zero-order valence-corrected chi connectivity index (χ0v) is 9.54. The van der Waals surface area contributed by atoms with Gasteiger partial charge in [0.05, 0.1) is 0 Å². The van der Waals surface area contributed by atoms with Gasteiger partial charge in [0, 0.05) is 25.5 Å². The van der Waals surface area contributed by atoms with Gasteiger partial charge in [-0.1, -0.05) is 18.6 Å². The van der Waals surface area contributed by atoms with E-state index in [0.29, 0.717) is 6.04 Å². The second kappa shape index (κ2) is 5.01. The number of aryl methyl sites for hydroxylation is 1. The highest BCUT2D eigenvalue weighted by Crippen LogP contribution is 2.09. The molecule has 0 aromatic carbocycles. The fourth-order valence-electron chi connectivity index (χ4n) is 1.47. The first-order chi connectivity index (χ1) is 6.63. The molecule has 0 amide bonds. The summed E-state index contributed by atoms with van der Waals surface area (Å²) in [5, 5.41) is 3.40. The zero-order valence-electron chi connectivity index (χ0n) is 9.54. The van der Waals surface area contributed by atoms with Gasteiger partial charge < -0.3 is 9.88 Å². The molecule has 2 heteroatoms. The summed E-state index contributed by atoms with van der Waals surface area (Å²) in [6, 6.07) is 2.59. The van der Waals surface area contributed by atoms with Crippen LogP contribution in [0.4, 0.5) is 0 Å². The molecule has 0 aliphatic carbocycles. The van der Waals surface area contributed by atoms with Crippen LogP contribution in [0.1, 0.15) is 26.3 Å². The molecule has 0 spiro atoms. The van der Waals surface area contributed by atoms with Crippen molar-refractivity contribution in [1.82, 2.24) is 9.88 Å². The van der Waals surface area contributed by atoms with Crippen LogP contribution < -0.4 is 5.32 Å². The molecule has 0 fully saturated rings. The van der Waals surface area contributed by atoms with Gasteiger partial charge in [-0.3, -0.25) is 0 Å². The maximum absolute atomic E-state index is 3.40. The Labute approximate surface area is 86.6 Å². The summed E-state index contributed by atoms with van der Waals surface area (Å²) < 4.78 is 2.07. The van der Waals surface area contributed by atoms with Gasteiger partial charge in [0.15, 0.2) is 0 Å². The zero-order chi connectivity index (χ0) is 10.6. The van der Waals surface area contributed by atoms with Gasteiger partial charge in [-0.2, -0.15) is 0 Å². The number of rotatable bonds is 4. The van der Waals surface area contributed by atoms with Crippen LogP contribution in [0.3, 0.4) is 0 Å². The highest BCUT2D eigenvalue weighted by Gasteiger charge is 2.01. The lowest BCUT2D eigenvalue weighted by Gasteiger charge is -2.12. The van der Waals surface area contributed by atoms with Crippen LogP contribution >= 0.6 is 0 Å². The SMILES string of the molecule is CCNC(C)/C(C)=C/c1ccn(C)c1. The Bertz CT molecular complexity index is 310.